The molecule has 0 bridgehead atoms. The van der Waals surface area contributed by atoms with Crippen LogP contribution >= 0.6 is 12.4 Å². The molecule has 1 heterocycles. The summed E-state index contributed by atoms with van der Waals surface area (Å²) in [6.07, 6.45) is -6.33. The van der Waals surface area contributed by atoms with E-state index in [-0.39, 0.29) is 25.4 Å². The van der Waals surface area contributed by atoms with E-state index >= 15 is 0 Å². The lowest BCUT2D eigenvalue weighted by molar-refractivity contribution is -0.186. The summed E-state index contributed by atoms with van der Waals surface area (Å²) in [7, 11) is 1.54. The van der Waals surface area contributed by atoms with Crippen molar-refractivity contribution >= 4 is 18.3 Å². The van der Waals surface area contributed by atoms with Crippen molar-refractivity contribution in [1.82, 2.24) is 10.2 Å². The zero-order chi connectivity index (χ0) is 11.6. The molecule has 96 valence electrons. The number of alkyl halides is 4. The smallest absolute Gasteiger partial charge is 0.328 e. The number of hydrogen-bond donors (Lipinski definition) is 1. The van der Waals surface area contributed by atoms with Gasteiger partial charge in [-0.2, -0.15) is 13.2 Å². The molecule has 1 aliphatic heterocycles. The Morgan fingerprint density at radius 1 is 1.50 bits per heavy atom. The van der Waals surface area contributed by atoms with Gasteiger partial charge in [0.2, 0.25) is 0 Å². The standard InChI is InChI=1S/C8H12F4N2O.ClH/c1-13-3-6-2-5(9)4-14(6)7(15)8(10,11)12;/h5-6,13H,2-4H2,1H3;1H/t5-,6-;/m0./s1. The summed E-state index contributed by atoms with van der Waals surface area (Å²) in [6.45, 7) is -0.299. The number of likely N-dealkylation sites (tertiary alicyclic amines) is 1. The number of likely N-dealkylation sites (N-methyl/N-ethyl adjacent to an activating group) is 1. The van der Waals surface area contributed by atoms with Crippen molar-refractivity contribution in [2.45, 2.75) is 24.8 Å². The van der Waals surface area contributed by atoms with Gasteiger partial charge < -0.3 is 10.2 Å². The average molecular weight is 265 g/mol. The molecule has 0 aliphatic carbocycles. The Bertz CT molecular complexity index is 249. The maximum atomic E-state index is 12.9. The van der Waals surface area contributed by atoms with Crippen LogP contribution in [0.25, 0.3) is 0 Å². The lowest BCUT2D eigenvalue weighted by Gasteiger charge is -2.24. The predicted molar refractivity (Wildman–Crippen MR) is 52.2 cm³/mol. The highest BCUT2D eigenvalue weighted by Crippen LogP contribution is 2.26. The van der Waals surface area contributed by atoms with E-state index in [1.165, 1.54) is 0 Å². The highest BCUT2D eigenvalue weighted by atomic mass is 35.5. The molecular formula is C8H13ClF4N2O. The number of halogens is 5. The second-order valence-electron chi connectivity index (χ2n) is 3.50. The molecule has 1 rings (SSSR count). The largest absolute Gasteiger partial charge is 0.471 e. The minimum Gasteiger partial charge on any atom is -0.328 e. The lowest BCUT2D eigenvalue weighted by atomic mass is 10.2. The zero-order valence-electron chi connectivity index (χ0n) is 8.55. The monoisotopic (exact) mass is 264 g/mol. The molecule has 0 saturated carbocycles. The Labute approximate surface area is 96.6 Å². The third-order valence-electron chi connectivity index (χ3n) is 2.31. The van der Waals surface area contributed by atoms with Crippen molar-refractivity contribution in [3.05, 3.63) is 0 Å². The SMILES string of the molecule is CNC[C@@H]1C[C@H](F)CN1C(=O)C(F)(F)F.Cl. The summed E-state index contributed by atoms with van der Waals surface area (Å²) >= 11 is 0. The minimum absolute atomic E-state index is 0. The van der Waals surface area contributed by atoms with Gasteiger partial charge in [0, 0.05) is 19.0 Å². The Hall–Kier alpha value is -0.560. The van der Waals surface area contributed by atoms with E-state index in [0.717, 1.165) is 0 Å². The second-order valence-corrected chi connectivity index (χ2v) is 3.50. The molecule has 0 radical (unpaired) electrons. The first-order valence-electron chi connectivity index (χ1n) is 4.52. The number of carbonyl (C=O) groups excluding carboxylic acids is 1. The van der Waals surface area contributed by atoms with E-state index in [9.17, 15) is 22.4 Å². The third-order valence-corrected chi connectivity index (χ3v) is 2.31. The molecule has 1 aliphatic rings. The maximum absolute atomic E-state index is 12.9. The van der Waals surface area contributed by atoms with Gasteiger partial charge in [-0.1, -0.05) is 0 Å². The Balaban J connectivity index is 0.00000225. The number of nitrogens with zero attached hydrogens (tertiary/aromatic N) is 1. The molecule has 0 unspecified atom stereocenters. The summed E-state index contributed by atoms with van der Waals surface area (Å²) in [5.41, 5.74) is 0. The van der Waals surface area contributed by atoms with Crippen LogP contribution in [0.3, 0.4) is 0 Å². The maximum Gasteiger partial charge on any atom is 0.471 e. The van der Waals surface area contributed by atoms with Crippen LogP contribution in [0.2, 0.25) is 0 Å². The van der Waals surface area contributed by atoms with Crippen LogP contribution < -0.4 is 5.32 Å². The van der Waals surface area contributed by atoms with Gasteiger partial charge in [-0.25, -0.2) is 4.39 Å². The van der Waals surface area contributed by atoms with Crippen LogP contribution in [0.4, 0.5) is 17.6 Å². The fourth-order valence-corrected chi connectivity index (χ4v) is 1.70. The molecule has 3 nitrogen and oxygen atoms in total. The second kappa shape index (κ2) is 5.67. The van der Waals surface area contributed by atoms with Crippen molar-refractivity contribution in [2.24, 2.45) is 0 Å². The van der Waals surface area contributed by atoms with Gasteiger partial charge >= 0.3 is 12.1 Å². The minimum atomic E-state index is -4.92. The molecule has 0 aromatic carbocycles. The first-order chi connectivity index (χ1) is 6.86. The summed E-state index contributed by atoms with van der Waals surface area (Å²) in [6, 6.07) is -0.709. The molecule has 8 heteroatoms. The highest BCUT2D eigenvalue weighted by Gasteiger charge is 2.47. The molecule has 0 spiro atoms. The molecule has 2 atom stereocenters. The molecular weight excluding hydrogens is 252 g/mol. The van der Waals surface area contributed by atoms with Crippen LogP contribution in [0.15, 0.2) is 0 Å². The predicted octanol–water partition coefficient (Wildman–Crippen LogP) is 1.13. The van der Waals surface area contributed by atoms with Gasteiger partial charge in [-0.3, -0.25) is 4.79 Å². The lowest BCUT2D eigenvalue weighted by Crippen LogP contribution is -2.47. The van der Waals surface area contributed by atoms with Crippen molar-refractivity contribution in [3.8, 4) is 0 Å². The molecule has 1 amide bonds. The number of nitrogens with one attached hydrogen (secondary N) is 1. The van der Waals surface area contributed by atoms with Gasteiger partial charge in [-0.05, 0) is 7.05 Å². The summed E-state index contributed by atoms with van der Waals surface area (Å²) < 4.78 is 49.2. The van der Waals surface area contributed by atoms with Gasteiger partial charge in [0.25, 0.3) is 0 Å². The molecule has 1 N–H and O–H groups in total. The van der Waals surface area contributed by atoms with Gasteiger partial charge in [0.05, 0.1) is 6.54 Å². The molecule has 0 aromatic rings. The number of carbonyl (C=O) groups is 1. The number of amides is 1. The Morgan fingerprint density at radius 3 is 2.50 bits per heavy atom. The van der Waals surface area contributed by atoms with Gasteiger partial charge in [-0.15, -0.1) is 12.4 Å². The van der Waals surface area contributed by atoms with Gasteiger partial charge in [0.1, 0.15) is 6.17 Å². The molecule has 1 fully saturated rings. The molecule has 0 aromatic heterocycles. The summed E-state index contributed by atoms with van der Waals surface area (Å²) in [4.78, 5) is 11.5. The van der Waals surface area contributed by atoms with E-state index in [4.69, 9.17) is 0 Å². The molecule has 16 heavy (non-hydrogen) atoms. The van der Waals surface area contributed by atoms with E-state index in [2.05, 4.69) is 5.32 Å². The quantitative estimate of drug-likeness (QED) is 0.759. The van der Waals surface area contributed by atoms with E-state index in [0.29, 0.717) is 4.90 Å². The molecule has 1 saturated heterocycles. The van der Waals surface area contributed by atoms with Crippen LogP contribution in [0, 0.1) is 0 Å². The normalized spacial score (nSPS) is 25.4. The first kappa shape index (κ1) is 15.4. The van der Waals surface area contributed by atoms with E-state index in [1.54, 1.807) is 7.05 Å². The summed E-state index contributed by atoms with van der Waals surface area (Å²) in [5, 5.41) is 2.64. The Morgan fingerprint density at radius 2 is 2.06 bits per heavy atom. The zero-order valence-corrected chi connectivity index (χ0v) is 9.37. The Kier molecular flexibility index (Phi) is 5.48. The highest BCUT2D eigenvalue weighted by molar-refractivity contribution is 5.85. The van der Waals surface area contributed by atoms with Crippen LogP contribution in [0.5, 0.6) is 0 Å². The fourth-order valence-electron chi connectivity index (χ4n) is 1.70. The first-order valence-corrected chi connectivity index (χ1v) is 4.52. The number of rotatable bonds is 2. The summed E-state index contributed by atoms with van der Waals surface area (Å²) in [5.74, 6) is -1.96. The van der Waals surface area contributed by atoms with Crippen molar-refractivity contribution in [2.75, 3.05) is 20.1 Å². The topological polar surface area (TPSA) is 32.3 Å². The number of hydrogen-bond acceptors (Lipinski definition) is 2. The van der Waals surface area contributed by atoms with E-state index < -0.39 is 30.8 Å². The van der Waals surface area contributed by atoms with Crippen molar-refractivity contribution < 1.29 is 22.4 Å². The van der Waals surface area contributed by atoms with Crippen molar-refractivity contribution in [1.29, 1.82) is 0 Å². The van der Waals surface area contributed by atoms with E-state index in [1.807, 2.05) is 0 Å². The fraction of sp³-hybridized carbons (Fsp3) is 0.875. The van der Waals surface area contributed by atoms with Crippen LogP contribution in [0.1, 0.15) is 6.42 Å². The van der Waals surface area contributed by atoms with Gasteiger partial charge in [0.15, 0.2) is 0 Å². The van der Waals surface area contributed by atoms with Crippen LogP contribution in [-0.2, 0) is 4.79 Å². The average Bonchev–Trinajstić information content (AvgIpc) is 2.44. The third kappa shape index (κ3) is 3.48. The van der Waals surface area contributed by atoms with Crippen molar-refractivity contribution in [3.63, 3.8) is 0 Å². The van der Waals surface area contributed by atoms with Crippen LogP contribution in [-0.4, -0.2) is 49.3 Å².